The molecule has 0 spiro atoms. The van der Waals surface area contributed by atoms with Crippen molar-refractivity contribution >= 4 is 28.1 Å². The van der Waals surface area contributed by atoms with Crippen LogP contribution in [0.1, 0.15) is 44.9 Å². The summed E-state index contributed by atoms with van der Waals surface area (Å²) in [6.07, 6.45) is 0.747. The van der Waals surface area contributed by atoms with E-state index in [1.165, 1.54) is 5.38 Å². The molecule has 0 bridgehead atoms. The van der Waals surface area contributed by atoms with Crippen LogP contribution in [0.2, 0.25) is 0 Å². The molecule has 0 saturated carbocycles. The largest absolute Gasteiger partial charge is 0.388 e. The number of aliphatic hydroxyl groups is 1. The Morgan fingerprint density at radius 3 is 2.61 bits per heavy atom. The quantitative estimate of drug-likeness (QED) is 0.468. The molecule has 1 amide bonds. The molecule has 0 unspecified atom stereocenters. The van der Waals surface area contributed by atoms with Crippen molar-refractivity contribution in [3.63, 3.8) is 0 Å². The zero-order valence-corrected chi connectivity index (χ0v) is 16.3. The normalized spacial score (nSPS) is 13.5. The van der Waals surface area contributed by atoms with Crippen LogP contribution < -0.4 is 11.1 Å². The number of aliphatic hydroxyl groups excluding tert-OH is 1. The maximum atomic E-state index is 12.3. The number of aromatic nitrogens is 1. The van der Waals surface area contributed by atoms with E-state index in [9.17, 15) is 9.90 Å². The van der Waals surface area contributed by atoms with Crippen molar-refractivity contribution in [1.29, 1.82) is 0 Å². The number of carbonyl (C=O) groups excluding carboxylic acids is 1. The first-order valence-corrected chi connectivity index (χ1v) is 10.1. The number of aryl methyl sites for hydroxylation is 1. The molecular formula is C22H25N3O2S. The Morgan fingerprint density at radius 1 is 1.18 bits per heavy atom. The first-order valence-electron chi connectivity index (χ1n) is 10.2. The summed E-state index contributed by atoms with van der Waals surface area (Å²) in [4.78, 5) is 16.2. The van der Waals surface area contributed by atoms with Crippen LogP contribution >= 0.6 is 11.3 Å². The number of rotatable bonds is 9. The molecule has 146 valence electrons. The summed E-state index contributed by atoms with van der Waals surface area (Å²) in [5.74, 6) is -0.782. The Bertz CT molecular complexity index is 962. The number of nitrogens with two attached hydrogens (primary N) is 1. The van der Waals surface area contributed by atoms with E-state index in [1.807, 2.05) is 42.5 Å². The molecule has 6 heteroatoms. The summed E-state index contributed by atoms with van der Waals surface area (Å²) in [5, 5.41) is 14.5. The molecule has 0 aliphatic carbocycles. The van der Waals surface area contributed by atoms with E-state index in [0.29, 0.717) is 12.1 Å². The first kappa shape index (κ1) is 17.4. The molecule has 28 heavy (non-hydrogen) atoms. The van der Waals surface area contributed by atoms with Crippen LogP contribution in [0.5, 0.6) is 0 Å². The molecule has 0 saturated heterocycles. The summed E-state index contributed by atoms with van der Waals surface area (Å²) >= 11 is 1.10. The molecule has 2 aromatic carbocycles. The molecular weight excluding hydrogens is 370 g/mol. The Kier molecular flexibility index (Phi) is 6.22. The second kappa shape index (κ2) is 10.0. The van der Waals surface area contributed by atoms with Gasteiger partial charge >= 0.3 is 0 Å². The lowest BCUT2D eigenvalue weighted by Crippen LogP contribution is -2.14. The zero-order valence-electron chi connectivity index (χ0n) is 17.5. The van der Waals surface area contributed by atoms with Crippen molar-refractivity contribution in [1.82, 2.24) is 4.98 Å². The van der Waals surface area contributed by atoms with Gasteiger partial charge in [0.25, 0.3) is 0 Å². The minimum Gasteiger partial charge on any atom is -0.388 e. The van der Waals surface area contributed by atoms with Crippen molar-refractivity contribution in [2.75, 3.05) is 11.1 Å². The van der Waals surface area contributed by atoms with E-state index < -0.39 is 18.4 Å². The maximum Gasteiger partial charge on any atom is 0.230 e. The van der Waals surface area contributed by atoms with Gasteiger partial charge in [-0.25, -0.2) is 4.98 Å². The lowest BCUT2D eigenvalue weighted by molar-refractivity contribution is -0.115. The molecule has 0 aliphatic heterocycles. The Hall–Kier alpha value is -2.70. The van der Waals surface area contributed by atoms with E-state index in [1.54, 1.807) is 12.1 Å². The summed E-state index contributed by atoms with van der Waals surface area (Å²) in [5.41, 5.74) is 8.14. The van der Waals surface area contributed by atoms with Gasteiger partial charge in [-0.2, -0.15) is 0 Å². The van der Waals surface area contributed by atoms with Crippen LogP contribution in [0.15, 0.2) is 60.0 Å². The fourth-order valence-electron chi connectivity index (χ4n) is 2.89. The van der Waals surface area contributed by atoms with Gasteiger partial charge < -0.3 is 16.2 Å². The van der Waals surface area contributed by atoms with Gasteiger partial charge in [0.1, 0.15) is 0 Å². The predicted octanol–water partition coefficient (Wildman–Crippen LogP) is 4.35. The number of carbonyl (C=O) groups is 1. The van der Waals surface area contributed by atoms with Crippen LogP contribution in [-0.2, 0) is 17.6 Å². The standard InChI is InChI=1S/C22H25N3O2S/c23-22-25-19(15-28-22)14-21(27)24-18-12-10-16(11-13-18)6-4-5-9-20(26)17-7-2-1-3-8-17/h1-3,7-8,10-13,15,20,26H,4-6,9,14H2,(H2,23,25)(H,24,27)/t20-/m0/s1/i14D2. The van der Waals surface area contributed by atoms with E-state index in [4.69, 9.17) is 8.48 Å². The van der Waals surface area contributed by atoms with E-state index in [2.05, 4.69) is 10.3 Å². The third-order valence-corrected chi connectivity index (χ3v) is 5.03. The molecule has 3 rings (SSSR count). The number of amides is 1. The molecule has 0 aliphatic rings. The second-order valence-electron chi connectivity index (χ2n) is 6.52. The number of hydrogen-bond donors (Lipinski definition) is 3. The van der Waals surface area contributed by atoms with Crippen molar-refractivity contribution in [3.8, 4) is 0 Å². The Balaban J connectivity index is 1.46. The highest BCUT2D eigenvalue weighted by Gasteiger charge is 2.08. The zero-order chi connectivity index (χ0) is 21.6. The van der Waals surface area contributed by atoms with Gasteiger partial charge in [0.15, 0.2) is 5.13 Å². The Morgan fingerprint density at radius 2 is 1.93 bits per heavy atom. The van der Waals surface area contributed by atoms with Gasteiger partial charge in [0.2, 0.25) is 5.91 Å². The third-order valence-electron chi connectivity index (χ3n) is 4.35. The smallest absolute Gasteiger partial charge is 0.230 e. The maximum absolute atomic E-state index is 12.3. The van der Waals surface area contributed by atoms with E-state index in [0.717, 1.165) is 41.7 Å². The van der Waals surface area contributed by atoms with Crippen LogP contribution in [0.3, 0.4) is 0 Å². The third kappa shape index (κ3) is 6.18. The highest BCUT2D eigenvalue weighted by Crippen LogP contribution is 2.20. The summed E-state index contributed by atoms with van der Waals surface area (Å²) in [6.45, 7) is 0. The number of benzene rings is 2. The highest BCUT2D eigenvalue weighted by atomic mass is 32.1. The predicted molar refractivity (Wildman–Crippen MR) is 114 cm³/mol. The van der Waals surface area contributed by atoms with Crippen LogP contribution in [-0.4, -0.2) is 16.0 Å². The molecule has 0 radical (unpaired) electrons. The fraction of sp³-hybridized carbons (Fsp3) is 0.273. The number of thiazole rings is 1. The number of unbranched alkanes of at least 4 members (excludes halogenated alkanes) is 1. The fourth-order valence-corrected chi connectivity index (χ4v) is 3.38. The minimum atomic E-state index is -2.26. The van der Waals surface area contributed by atoms with Gasteiger partial charge in [-0.3, -0.25) is 4.79 Å². The van der Waals surface area contributed by atoms with Crippen molar-refractivity contribution in [2.24, 2.45) is 0 Å². The van der Waals surface area contributed by atoms with Crippen LogP contribution in [0.25, 0.3) is 0 Å². The second-order valence-corrected chi connectivity index (χ2v) is 7.41. The van der Waals surface area contributed by atoms with Gasteiger partial charge in [-0.05, 0) is 42.5 Å². The van der Waals surface area contributed by atoms with E-state index >= 15 is 0 Å². The molecule has 1 heterocycles. The monoisotopic (exact) mass is 397 g/mol. The molecule has 3 aromatic rings. The van der Waals surface area contributed by atoms with E-state index in [-0.39, 0.29) is 10.8 Å². The lowest BCUT2D eigenvalue weighted by Gasteiger charge is -2.10. The molecule has 4 N–H and O–H groups in total. The SMILES string of the molecule is [2H]C([2H])(C(=O)Nc1ccc(CCCC[C@H](O)c2ccccc2)cc1)c1csc(N)n1. The molecule has 5 nitrogen and oxygen atoms in total. The molecule has 1 atom stereocenters. The van der Waals surface area contributed by atoms with Gasteiger partial charge in [-0.1, -0.05) is 48.9 Å². The average molecular weight is 398 g/mol. The van der Waals surface area contributed by atoms with Crippen LogP contribution in [0.4, 0.5) is 10.8 Å². The van der Waals surface area contributed by atoms with Gasteiger partial charge in [0, 0.05) is 13.8 Å². The number of nitrogen functional groups attached to an aromatic ring is 1. The number of hydrogen-bond acceptors (Lipinski definition) is 5. The van der Waals surface area contributed by atoms with Gasteiger partial charge in [0.05, 0.1) is 18.2 Å². The lowest BCUT2D eigenvalue weighted by atomic mass is 10.0. The van der Waals surface area contributed by atoms with Crippen molar-refractivity contribution in [2.45, 2.75) is 38.2 Å². The average Bonchev–Trinajstić information content (AvgIpc) is 3.20. The summed E-state index contributed by atoms with van der Waals surface area (Å²) in [6, 6.07) is 17.0. The summed E-state index contributed by atoms with van der Waals surface area (Å²) < 4.78 is 16.0. The topological polar surface area (TPSA) is 88.2 Å². The van der Waals surface area contributed by atoms with Crippen molar-refractivity contribution in [3.05, 3.63) is 76.8 Å². The minimum absolute atomic E-state index is 0.0109. The molecule has 0 fully saturated rings. The molecule has 1 aromatic heterocycles. The first-order chi connectivity index (χ1) is 14.4. The highest BCUT2D eigenvalue weighted by molar-refractivity contribution is 7.13. The van der Waals surface area contributed by atoms with Crippen molar-refractivity contribution < 1.29 is 12.6 Å². The van der Waals surface area contributed by atoms with Crippen LogP contribution in [0, 0.1) is 0 Å². The number of nitrogens with one attached hydrogen (secondary N) is 1. The number of nitrogens with zero attached hydrogens (tertiary/aromatic N) is 1. The number of anilines is 2. The summed E-state index contributed by atoms with van der Waals surface area (Å²) in [7, 11) is 0. The van der Waals surface area contributed by atoms with Gasteiger partial charge in [-0.15, -0.1) is 11.3 Å². The Labute approximate surface area is 172 Å².